The first-order valence-electron chi connectivity index (χ1n) is 15.9. The van der Waals surface area contributed by atoms with E-state index in [-0.39, 0.29) is 56.1 Å². The molecule has 0 aromatic heterocycles. The molecule has 0 spiro atoms. The number of nitrogens with zero attached hydrogens (tertiary/aromatic N) is 1. The Labute approximate surface area is 264 Å². The van der Waals surface area contributed by atoms with Crippen LogP contribution in [0.1, 0.15) is 73.7 Å². The highest BCUT2D eigenvalue weighted by molar-refractivity contribution is 5.76. The van der Waals surface area contributed by atoms with Crippen molar-refractivity contribution in [3.05, 3.63) is 95.1 Å². The normalized spacial score (nSPS) is 23.6. The van der Waals surface area contributed by atoms with Gasteiger partial charge < -0.3 is 30.1 Å². The molecule has 9 nitrogen and oxygen atoms in total. The second-order valence-corrected chi connectivity index (χ2v) is 12.1. The van der Waals surface area contributed by atoms with E-state index in [9.17, 15) is 19.8 Å². The van der Waals surface area contributed by atoms with E-state index in [4.69, 9.17) is 14.6 Å². The molecule has 2 heterocycles. The van der Waals surface area contributed by atoms with Gasteiger partial charge in [0.15, 0.2) is 6.29 Å². The minimum absolute atomic E-state index is 0.0135. The fourth-order valence-corrected chi connectivity index (χ4v) is 6.32. The SMILES string of the molecule is CC1C(CN2CCCC2CO)OC(c2cccc(-c3cccc(CNC(=O)CCCC(=O)O)c3)c2)OC1c1ccc(CO)cc1. The van der Waals surface area contributed by atoms with Gasteiger partial charge in [-0.3, -0.25) is 14.5 Å². The number of aliphatic hydroxyl groups is 2. The summed E-state index contributed by atoms with van der Waals surface area (Å²) in [5.41, 5.74) is 5.72. The highest BCUT2D eigenvalue weighted by atomic mass is 16.7. The first-order valence-corrected chi connectivity index (χ1v) is 15.9. The van der Waals surface area contributed by atoms with Crippen LogP contribution in [-0.4, -0.2) is 63.9 Å². The third-order valence-electron chi connectivity index (χ3n) is 8.95. The molecule has 240 valence electrons. The van der Waals surface area contributed by atoms with Gasteiger partial charge in [-0.25, -0.2) is 0 Å². The molecule has 0 radical (unpaired) electrons. The Kier molecular flexibility index (Phi) is 11.4. The maximum absolute atomic E-state index is 12.2. The average molecular weight is 617 g/mol. The number of rotatable bonds is 13. The van der Waals surface area contributed by atoms with Crippen molar-refractivity contribution in [3.63, 3.8) is 0 Å². The molecule has 5 atom stereocenters. The maximum atomic E-state index is 12.2. The van der Waals surface area contributed by atoms with E-state index in [1.54, 1.807) is 0 Å². The standard InChI is InChI=1S/C36H44N2O7/c1-24-32(21-38-17-5-10-31(38)23-40)44-36(45-35(24)27-15-13-25(22-39)14-16-27)30-9-3-8-29(19-30)28-7-2-6-26(18-28)20-37-33(41)11-4-12-34(42)43/h2-3,6-9,13-16,18-19,24,31-32,35-36,39-40H,4-5,10-12,17,20-23H2,1H3,(H,37,41)(H,42,43). The molecule has 2 aliphatic rings. The van der Waals surface area contributed by atoms with Crippen LogP contribution < -0.4 is 5.32 Å². The number of ether oxygens (including phenoxy) is 2. The number of likely N-dealkylation sites (tertiary alicyclic amines) is 1. The minimum atomic E-state index is -0.902. The molecular formula is C36H44N2O7. The largest absolute Gasteiger partial charge is 0.481 e. The zero-order valence-electron chi connectivity index (χ0n) is 25.8. The Morgan fingerprint density at radius 2 is 1.67 bits per heavy atom. The average Bonchev–Trinajstić information content (AvgIpc) is 3.52. The number of amides is 1. The Hall–Kier alpha value is -3.60. The van der Waals surface area contributed by atoms with Gasteiger partial charge in [-0.1, -0.05) is 67.6 Å². The Balaban J connectivity index is 1.34. The fraction of sp³-hybridized carbons (Fsp3) is 0.444. The number of hydrogen-bond donors (Lipinski definition) is 4. The molecule has 3 aromatic carbocycles. The van der Waals surface area contributed by atoms with E-state index >= 15 is 0 Å². The number of aliphatic hydroxyl groups excluding tert-OH is 2. The molecule has 5 rings (SSSR count). The predicted octanol–water partition coefficient (Wildman–Crippen LogP) is 4.97. The van der Waals surface area contributed by atoms with Gasteiger partial charge in [-0.2, -0.15) is 0 Å². The van der Waals surface area contributed by atoms with Crippen molar-refractivity contribution in [1.82, 2.24) is 10.2 Å². The molecule has 9 heteroatoms. The minimum Gasteiger partial charge on any atom is -0.481 e. The second kappa shape index (κ2) is 15.6. The lowest BCUT2D eigenvalue weighted by atomic mass is 9.89. The molecule has 1 amide bonds. The summed E-state index contributed by atoms with van der Waals surface area (Å²) in [6.45, 7) is 4.29. The van der Waals surface area contributed by atoms with Crippen LogP contribution in [0.5, 0.6) is 0 Å². The lowest BCUT2D eigenvalue weighted by Crippen LogP contribution is -2.46. The Morgan fingerprint density at radius 3 is 2.40 bits per heavy atom. The molecule has 2 aliphatic heterocycles. The number of hydrogen-bond acceptors (Lipinski definition) is 7. The van der Waals surface area contributed by atoms with E-state index in [0.29, 0.717) is 19.5 Å². The predicted molar refractivity (Wildman–Crippen MR) is 170 cm³/mol. The summed E-state index contributed by atoms with van der Waals surface area (Å²) >= 11 is 0. The van der Waals surface area contributed by atoms with Crippen LogP contribution in [0.2, 0.25) is 0 Å². The van der Waals surface area contributed by atoms with Crippen molar-refractivity contribution < 1.29 is 34.4 Å². The van der Waals surface area contributed by atoms with Gasteiger partial charge in [-0.05, 0) is 65.8 Å². The van der Waals surface area contributed by atoms with E-state index in [0.717, 1.165) is 52.8 Å². The molecule has 2 fully saturated rings. The first kappa shape index (κ1) is 32.8. The summed E-state index contributed by atoms with van der Waals surface area (Å²) in [7, 11) is 0. The van der Waals surface area contributed by atoms with Crippen molar-refractivity contribution in [2.75, 3.05) is 19.7 Å². The quantitative estimate of drug-likeness (QED) is 0.212. The molecule has 3 aromatic rings. The zero-order chi connectivity index (χ0) is 31.8. The van der Waals surface area contributed by atoms with Crippen molar-refractivity contribution in [2.45, 2.75) is 76.7 Å². The number of carbonyl (C=O) groups is 2. The van der Waals surface area contributed by atoms with E-state index in [1.165, 1.54) is 0 Å². The smallest absolute Gasteiger partial charge is 0.303 e. The van der Waals surface area contributed by atoms with Crippen molar-refractivity contribution in [3.8, 4) is 11.1 Å². The molecule has 0 bridgehead atoms. The van der Waals surface area contributed by atoms with Gasteiger partial charge in [0.2, 0.25) is 5.91 Å². The van der Waals surface area contributed by atoms with E-state index in [2.05, 4.69) is 23.2 Å². The summed E-state index contributed by atoms with van der Waals surface area (Å²) in [6.07, 6.45) is 1.58. The summed E-state index contributed by atoms with van der Waals surface area (Å²) in [5.74, 6) is -1.01. The summed E-state index contributed by atoms with van der Waals surface area (Å²) in [5, 5.41) is 31.2. The molecule has 5 unspecified atom stereocenters. The lowest BCUT2D eigenvalue weighted by molar-refractivity contribution is -0.276. The highest BCUT2D eigenvalue weighted by Crippen LogP contribution is 2.43. The number of carbonyl (C=O) groups excluding carboxylic acids is 1. The summed E-state index contributed by atoms with van der Waals surface area (Å²) in [6, 6.07) is 24.2. The molecular weight excluding hydrogens is 572 g/mol. The van der Waals surface area contributed by atoms with Crippen LogP contribution in [0.25, 0.3) is 11.1 Å². The van der Waals surface area contributed by atoms with Gasteiger partial charge in [0.1, 0.15) is 0 Å². The van der Waals surface area contributed by atoms with Gasteiger partial charge in [0.05, 0.1) is 25.4 Å². The number of carboxylic acid groups (broad SMARTS) is 1. The Bertz CT molecular complexity index is 1430. The molecule has 45 heavy (non-hydrogen) atoms. The highest BCUT2D eigenvalue weighted by Gasteiger charge is 2.40. The van der Waals surface area contributed by atoms with Crippen LogP contribution in [0.4, 0.5) is 0 Å². The third kappa shape index (κ3) is 8.56. The summed E-state index contributed by atoms with van der Waals surface area (Å²) < 4.78 is 13.4. The van der Waals surface area contributed by atoms with Gasteiger partial charge >= 0.3 is 5.97 Å². The number of benzene rings is 3. The van der Waals surface area contributed by atoms with Gasteiger partial charge in [0.25, 0.3) is 0 Å². The molecule has 2 saturated heterocycles. The number of aliphatic carboxylic acids is 1. The van der Waals surface area contributed by atoms with Crippen LogP contribution >= 0.6 is 0 Å². The Morgan fingerprint density at radius 1 is 0.911 bits per heavy atom. The molecule has 0 saturated carbocycles. The van der Waals surface area contributed by atoms with Crippen LogP contribution in [0, 0.1) is 5.92 Å². The zero-order valence-corrected chi connectivity index (χ0v) is 25.8. The van der Waals surface area contributed by atoms with Crippen LogP contribution in [0.15, 0.2) is 72.8 Å². The van der Waals surface area contributed by atoms with Gasteiger partial charge in [-0.15, -0.1) is 0 Å². The lowest BCUT2D eigenvalue weighted by Gasteiger charge is -2.43. The van der Waals surface area contributed by atoms with E-state index < -0.39 is 12.3 Å². The van der Waals surface area contributed by atoms with Crippen molar-refractivity contribution in [1.29, 1.82) is 0 Å². The third-order valence-corrected chi connectivity index (χ3v) is 8.95. The molecule has 4 N–H and O–H groups in total. The van der Waals surface area contributed by atoms with Crippen molar-refractivity contribution in [2.24, 2.45) is 5.92 Å². The summed E-state index contributed by atoms with van der Waals surface area (Å²) in [4.78, 5) is 25.2. The number of carboxylic acids is 1. The van der Waals surface area contributed by atoms with Crippen molar-refractivity contribution >= 4 is 11.9 Å². The molecule has 0 aliphatic carbocycles. The van der Waals surface area contributed by atoms with Crippen LogP contribution in [-0.2, 0) is 32.2 Å². The van der Waals surface area contributed by atoms with E-state index in [1.807, 2.05) is 66.7 Å². The number of nitrogens with one attached hydrogen (secondary N) is 1. The van der Waals surface area contributed by atoms with Gasteiger partial charge in [0, 0.05) is 43.5 Å². The maximum Gasteiger partial charge on any atom is 0.303 e. The monoisotopic (exact) mass is 616 g/mol. The fourth-order valence-electron chi connectivity index (χ4n) is 6.32. The van der Waals surface area contributed by atoms with Crippen LogP contribution in [0.3, 0.4) is 0 Å². The first-order chi connectivity index (χ1) is 21.8. The second-order valence-electron chi connectivity index (χ2n) is 12.1. The topological polar surface area (TPSA) is 129 Å².